The highest BCUT2D eigenvalue weighted by atomic mass is 16.5. The molecule has 0 unspecified atom stereocenters. The Hall–Kier alpha value is -2.77. The van der Waals surface area contributed by atoms with Crippen LogP contribution in [-0.4, -0.2) is 40.0 Å². The molecule has 1 N–H and O–H groups in total. The van der Waals surface area contributed by atoms with Crippen molar-refractivity contribution in [3.63, 3.8) is 0 Å². The maximum atomic E-state index is 12.3. The Balaban J connectivity index is 1.94. The van der Waals surface area contributed by atoms with Crippen molar-refractivity contribution < 1.29 is 14.3 Å². The van der Waals surface area contributed by atoms with E-state index in [1.807, 2.05) is 13.8 Å². The first kappa shape index (κ1) is 18.6. The van der Waals surface area contributed by atoms with Gasteiger partial charge in [-0.2, -0.15) is 0 Å². The van der Waals surface area contributed by atoms with Gasteiger partial charge in [-0.15, -0.1) is 5.10 Å². The summed E-state index contributed by atoms with van der Waals surface area (Å²) in [7, 11) is 1.29. The number of nitrogens with zero attached hydrogens (tertiary/aromatic N) is 3. The van der Waals surface area contributed by atoms with E-state index >= 15 is 0 Å². The predicted octanol–water partition coefficient (Wildman–Crippen LogP) is 0.885. The molecule has 0 radical (unpaired) electrons. The minimum atomic E-state index is -0.680. The molecule has 0 aliphatic carbocycles. The van der Waals surface area contributed by atoms with Crippen LogP contribution >= 0.6 is 0 Å². The first-order valence-electron chi connectivity index (χ1n) is 8.13. The fourth-order valence-corrected chi connectivity index (χ4v) is 2.43. The number of hydrogen-bond donors (Lipinski definition) is 1. The van der Waals surface area contributed by atoms with E-state index in [0.29, 0.717) is 17.3 Å². The number of benzene rings is 1. The number of nitrogens with one attached hydrogen (secondary N) is 1. The largest absolute Gasteiger partial charge is 0.467 e. The monoisotopic (exact) mass is 346 g/mol. The Morgan fingerprint density at radius 2 is 2.00 bits per heavy atom. The van der Waals surface area contributed by atoms with Crippen molar-refractivity contribution in [2.24, 2.45) is 5.92 Å². The molecule has 1 aromatic carbocycles. The van der Waals surface area contributed by atoms with Crippen LogP contribution in [0, 0.1) is 5.92 Å². The number of esters is 1. The van der Waals surface area contributed by atoms with Crippen molar-refractivity contribution in [2.45, 2.75) is 39.3 Å². The zero-order valence-electron chi connectivity index (χ0n) is 14.6. The second kappa shape index (κ2) is 8.36. The molecular formula is C17H22N4O4. The van der Waals surface area contributed by atoms with Gasteiger partial charge in [-0.05, 0) is 24.5 Å². The lowest BCUT2D eigenvalue weighted by Gasteiger charge is -2.19. The lowest BCUT2D eigenvalue weighted by atomic mass is 10.0. The van der Waals surface area contributed by atoms with Gasteiger partial charge in [0, 0.05) is 13.0 Å². The topological polar surface area (TPSA) is 103 Å². The molecule has 0 bridgehead atoms. The van der Waals surface area contributed by atoms with Gasteiger partial charge in [-0.3, -0.25) is 9.59 Å². The van der Waals surface area contributed by atoms with Gasteiger partial charge in [-0.1, -0.05) is 31.2 Å². The molecule has 2 rings (SSSR count). The van der Waals surface area contributed by atoms with Crippen LogP contribution in [0.1, 0.15) is 26.7 Å². The molecule has 8 nitrogen and oxygen atoms in total. The minimum Gasteiger partial charge on any atom is -0.467 e. The number of aryl methyl sites for hydroxylation is 1. The van der Waals surface area contributed by atoms with Crippen molar-refractivity contribution in [1.82, 2.24) is 20.3 Å². The van der Waals surface area contributed by atoms with E-state index in [2.05, 4.69) is 20.4 Å². The zero-order chi connectivity index (χ0) is 18.4. The molecule has 0 saturated carbocycles. The molecule has 134 valence electrons. The van der Waals surface area contributed by atoms with E-state index in [4.69, 9.17) is 0 Å². The third kappa shape index (κ3) is 4.62. The van der Waals surface area contributed by atoms with Gasteiger partial charge in [0.25, 0.3) is 5.56 Å². The number of methoxy groups -OCH3 is 1. The molecule has 1 aromatic heterocycles. The molecule has 0 aliphatic heterocycles. The Bertz CT molecular complexity index is 816. The van der Waals surface area contributed by atoms with Crippen molar-refractivity contribution in [2.75, 3.05) is 7.11 Å². The van der Waals surface area contributed by atoms with Gasteiger partial charge in [0.2, 0.25) is 5.91 Å². The number of carbonyl (C=O) groups excluding carboxylic acids is 2. The fraction of sp³-hybridized carbons (Fsp3) is 0.471. The van der Waals surface area contributed by atoms with Crippen LogP contribution in [-0.2, 0) is 20.9 Å². The number of hydrogen-bond acceptors (Lipinski definition) is 6. The van der Waals surface area contributed by atoms with Gasteiger partial charge in [0.15, 0.2) is 0 Å². The molecule has 8 heteroatoms. The second-order valence-electron chi connectivity index (χ2n) is 6.05. The molecule has 1 amide bonds. The summed E-state index contributed by atoms with van der Waals surface area (Å²) in [5.41, 5.74) is 0.306. The maximum absolute atomic E-state index is 12.3. The Labute approximate surface area is 145 Å². The van der Waals surface area contributed by atoms with Gasteiger partial charge in [-0.25, -0.2) is 9.48 Å². The summed E-state index contributed by atoms with van der Waals surface area (Å²) in [6, 6.07) is 6.29. The van der Waals surface area contributed by atoms with Gasteiger partial charge in [0.1, 0.15) is 11.6 Å². The van der Waals surface area contributed by atoms with Crippen molar-refractivity contribution in [3.8, 4) is 0 Å². The summed E-state index contributed by atoms with van der Waals surface area (Å²) < 4.78 is 5.93. The second-order valence-corrected chi connectivity index (χ2v) is 6.05. The summed E-state index contributed by atoms with van der Waals surface area (Å²) >= 11 is 0. The average Bonchev–Trinajstić information content (AvgIpc) is 2.61. The summed E-state index contributed by atoms with van der Waals surface area (Å²) in [6.07, 6.45) is 0.575. The van der Waals surface area contributed by atoms with Crippen molar-refractivity contribution in [1.29, 1.82) is 0 Å². The highest BCUT2D eigenvalue weighted by Gasteiger charge is 2.24. The number of fused-ring (bicyclic) bond motifs is 1. The quantitative estimate of drug-likeness (QED) is 0.747. The number of amides is 1. The lowest BCUT2D eigenvalue weighted by Crippen LogP contribution is -2.45. The van der Waals surface area contributed by atoms with Gasteiger partial charge in [0.05, 0.1) is 12.5 Å². The average molecular weight is 346 g/mol. The molecule has 0 fully saturated rings. The predicted molar refractivity (Wildman–Crippen MR) is 91.8 cm³/mol. The smallest absolute Gasteiger partial charge is 0.328 e. The first-order valence-corrected chi connectivity index (χ1v) is 8.13. The van der Waals surface area contributed by atoms with E-state index in [0.717, 1.165) is 0 Å². The highest BCUT2D eigenvalue weighted by molar-refractivity contribution is 5.84. The zero-order valence-corrected chi connectivity index (χ0v) is 14.6. The molecular weight excluding hydrogens is 324 g/mol. The number of carbonyl (C=O) groups is 2. The third-order valence-electron chi connectivity index (χ3n) is 3.84. The SMILES string of the molecule is COC(=O)[C@H](NC(=O)CCCn1nnc2ccccc2c1=O)C(C)C. The Morgan fingerprint density at radius 1 is 1.28 bits per heavy atom. The Morgan fingerprint density at radius 3 is 2.68 bits per heavy atom. The van der Waals surface area contributed by atoms with Crippen LogP contribution in [0.4, 0.5) is 0 Å². The molecule has 2 aromatic rings. The highest BCUT2D eigenvalue weighted by Crippen LogP contribution is 2.06. The van der Waals surface area contributed by atoms with E-state index in [1.54, 1.807) is 24.3 Å². The van der Waals surface area contributed by atoms with Crippen molar-refractivity contribution in [3.05, 3.63) is 34.6 Å². The van der Waals surface area contributed by atoms with Crippen LogP contribution in [0.25, 0.3) is 10.9 Å². The maximum Gasteiger partial charge on any atom is 0.328 e. The van der Waals surface area contributed by atoms with Crippen molar-refractivity contribution >= 4 is 22.8 Å². The molecule has 25 heavy (non-hydrogen) atoms. The molecule has 1 heterocycles. The van der Waals surface area contributed by atoms with Crippen LogP contribution in [0.3, 0.4) is 0 Å². The van der Waals surface area contributed by atoms with Crippen LogP contribution in [0.5, 0.6) is 0 Å². The number of aromatic nitrogens is 3. The molecule has 0 spiro atoms. The Kier molecular flexibility index (Phi) is 6.21. The minimum absolute atomic E-state index is 0.0784. The van der Waals surface area contributed by atoms with Crippen LogP contribution in [0.15, 0.2) is 29.1 Å². The van der Waals surface area contributed by atoms with E-state index in [1.165, 1.54) is 11.8 Å². The third-order valence-corrected chi connectivity index (χ3v) is 3.84. The molecule has 0 saturated heterocycles. The van der Waals surface area contributed by atoms with Gasteiger partial charge < -0.3 is 10.1 Å². The van der Waals surface area contributed by atoms with E-state index in [9.17, 15) is 14.4 Å². The van der Waals surface area contributed by atoms with E-state index < -0.39 is 12.0 Å². The standard InChI is InChI=1S/C17H22N4O4/c1-11(2)15(17(24)25-3)18-14(22)9-6-10-21-16(23)12-7-4-5-8-13(12)19-20-21/h4-5,7-8,11,15H,6,9-10H2,1-3H3,(H,18,22)/t15-/m1/s1. The summed E-state index contributed by atoms with van der Waals surface area (Å²) in [4.78, 5) is 36.0. The molecule has 0 aliphatic rings. The van der Waals surface area contributed by atoms with Gasteiger partial charge >= 0.3 is 5.97 Å². The summed E-state index contributed by atoms with van der Waals surface area (Å²) in [5.74, 6) is -0.823. The van der Waals surface area contributed by atoms with Crippen LogP contribution in [0.2, 0.25) is 0 Å². The summed E-state index contributed by atoms with van der Waals surface area (Å²) in [5, 5.41) is 11.0. The normalized spacial score (nSPS) is 12.2. The number of rotatable bonds is 7. The first-order chi connectivity index (χ1) is 11.9. The lowest BCUT2D eigenvalue weighted by molar-refractivity contribution is -0.146. The molecule has 1 atom stereocenters. The number of ether oxygens (including phenoxy) is 1. The van der Waals surface area contributed by atoms with E-state index in [-0.39, 0.29) is 30.3 Å². The fourth-order valence-electron chi connectivity index (χ4n) is 2.43. The summed E-state index contributed by atoms with van der Waals surface area (Å²) in [6.45, 7) is 3.92. The van der Waals surface area contributed by atoms with Crippen LogP contribution < -0.4 is 10.9 Å².